The molecule has 0 radical (unpaired) electrons. The van der Waals surface area contributed by atoms with Gasteiger partial charge in [0.2, 0.25) is 0 Å². The quantitative estimate of drug-likeness (QED) is 0.260. The van der Waals surface area contributed by atoms with Gasteiger partial charge < -0.3 is 19.1 Å². The van der Waals surface area contributed by atoms with Crippen LogP contribution in [-0.2, 0) is 22.5 Å². The van der Waals surface area contributed by atoms with Crippen molar-refractivity contribution in [2.24, 2.45) is 5.92 Å². The third-order valence-electron chi connectivity index (χ3n) is 8.88. The molecule has 3 aromatic rings. The van der Waals surface area contributed by atoms with Crippen LogP contribution in [0.25, 0.3) is 5.57 Å². The van der Waals surface area contributed by atoms with Gasteiger partial charge in [-0.05, 0) is 108 Å². The fraction of sp³-hybridized carbons (Fsp3) is 0.389. The minimum Gasteiger partial charge on any atom is -0.489 e. The van der Waals surface area contributed by atoms with Crippen LogP contribution in [0.1, 0.15) is 60.8 Å². The number of aryl methyl sites for hydroxylation is 1. The Balaban J connectivity index is 1.24. The highest BCUT2D eigenvalue weighted by atomic mass is 16.7. The van der Waals surface area contributed by atoms with Gasteiger partial charge in [0, 0.05) is 38.9 Å². The van der Waals surface area contributed by atoms with Crippen LogP contribution < -0.4 is 9.64 Å². The van der Waals surface area contributed by atoms with Gasteiger partial charge in [0.1, 0.15) is 12.4 Å². The molecule has 0 unspecified atom stereocenters. The molecule has 0 N–H and O–H groups in total. The Labute approximate surface area is 239 Å². The van der Waals surface area contributed by atoms with Crippen molar-refractivity contribution in [1.82, 2.24) is 0 Å². The van der Waals surface area contributed by atoms with E-state index < -0.39 is 0 Å². The molecule has 1 fully saturated rings. The summed E-state index contributed by atoms with van der Waals surface area (Å²) in [7, 11) is 3.48. The van der Waals surface area contributed by atoms with Crippen LogP contribution in [0.5, 0.6) is 5.75 Å². The largest absolute Gasteiger partial charge is 0.489 e. The maximum absolute atomic E-state index is 6.20. The van der Waals surface area contributed by atoms with Crippen LogP contribution >= 0.6 is 0 Å². The SMILES string of the molecule is COC(OC)C1CCN(c2ccc(C3=C(C4=CCCC4)CCc4cc(OCc5ccccc5)ccc43)cc2)CC1. The summed E-state index contributed by atoms with van der Waals surface area (Å²) in [6.45, 7) is 2.65. The van der Waals surface area contributed by atoms with E-state index in [2.05, 4.69) is 77.7 Å². The van der Waals surface area contributed by atoms with Crippen molar-refractivity contribution in [3.05, 3.63) is 112 Å². The van der Waals surface area contributed by atoms with Crippen LogP contribution in [0, 0.1) is 5.92 Å². The number of piperidine rings is 1. The van der Waals surface area contributed by atoms with E-state index in [1.807, 2.05) is 6.07 Å². The van der Waals surface area contributed by atoms with Crippen molar-refractivity contribution in [1.29, 1.82) is 0 Å². The molecule has 0 bridgehead atoms. The van der Waals surface area contributed by atoms with Gasteiger partial charge in [0.25, 0.3) is 0 Å². The van der Waals surface area contributed by atoms with Gasteiger partial charge in [0.15, 0.2) is 6.29 Å². The van der Waals surface area contributed by atoms with E-state index in [9.17, 15) is 0 Å². The zero-order valence-electron chi connectivity index (χ0n) is 23.9. The lowest BCUT2D eigenvalue weighted by Crippen LogP contribution is -2.39. The molecule has 0 amide bonds. The molecule has 3 aliphatic rings. The number of hydrogen-bond donors (Lipinski definition) is 0. The van der Waals surface area contributed by atoms with Gasteiger partial charge in [-0.25, -0.2) is 0 Å². The zero-order chi connectivity index (χ0) is 27.3. The standard InChI is InChI=1S/C36H41NO3/c1-38-36(39-2)29-20-22-37(23-21-29)31-15-12-28(13-16-31)35-33(27-10-6-7-11-27)18-14-30-24-32(17-19-34(30)35)40-25-26-8-4-3-5-9-26/h3-5,8-10,12-13,15-17,19,24,29,36H,6-7,11,14,18,20-23,25H2,1-2H3. The second-order valence-electron chi connectivity index (χ2n) is 11.3. The van der Waals surface area contributed by atoms with Gasteiger partial charge in [0.05, 0.1) is 0 Å². The van der Waals surface area contributed by atoms with E-state index in [1.165, 1.54) is 52.8 Å². The molecule has 4 nitrogen and oxygen atoms in total. The summed E-state index contributed by atoms with van der Waals surface area (Å²) >= 11 is 0. The number of rotatable bonds is 9. The predicted octanol–water partition coefficient (Wildman–Crippen LogP) is 7.96. The monoisotopic (exact) mass is 535 g/mol. The second kappa shape index (κ2) is 12.4. The Morgan fingerprint density at radius 1 is 0.850 bits per heavy atom. The minimum absolute atomic E-state index is 0.101. The van der Waals surface area contributed by atoms with E-state index >= 15 is 0 Å². The summed E-state index contributed by atoms with van der Waals surface area (Å²) in [6.07, 6.45) is 10.4. The Kier molecular flexibility index (Phi) is 8.36. The van der Waals surface area contributed by atoms with Crippen molar-refractivity contribution in [2.75, 3.05) is 32.2 Å². The highest BCUT2D eigenvalue weighted by Crippen LogP contribution is 2.43. The maximum atomic E-state index is 6.20. The third-order valence-corrected chi connectivity index (χ3v) is 8.88. The number of methoxy groups -OCH3 is 2. The average molecular weight is 536 g/mol. The van der Waals surface area contributed by atoms with Gasteiger partial charge >= 0.3 is 0 Å². The van der Waals surface area contributed by atoms with Gasteiger partial charge in [-0.1, -0.05) is 54.6 Å². The number of allylic oxidation sites excluding steroid dienone is 3. The first kappa shape index (κ1) is 26.9. The fourth-order valence-corrected chi connectivity index (χ4v) is 6.74. The topological polar surface area (TPSA) is 30.9 Å². The van der Waals surface area contributed by atoms with Crippen LogP contribution in [0.3, 0.4) is 0 Å². The molecule has 1 saturated heterocycles. The maximum Gasteiger partial charge on any atom is 0.159 e. The highest BCUT2D eigenvalue weighted by Gasteiger charge is 2.27. The summed E-state index contributed by atoms with van der Waals surface area (Å²) in [6, 6.07) is 26.4. The summed E-state index contributed by atoms with van der Waals surface area (Å²) in [5.74, 6) is 1.41. The first-order valence-electron chi connectivity index (χ1n) is 14.9. The molecule has 4 heteroatoms. The lowest BCUT2D eigenvalue weighted by atomic mass is 9.79. The minimum atomic E-state index is -0.101. The lowest BCUT2D eigenvalue weighted by molar-refractivity contribution is -0.141. The van der Waals surface area contributed by atoms with Gasteiger partial charge in [-0.15, -0.1) is 0 Å². The van der Waals surface area contributed by atoms with Crippen molar-refractivity contribution in [2.45, 2.75) is 57.8 Å². The zero-order valence-corrected chi connectivity index (χ0v) is 23.9. The van der Waals surface area contributed by atoms with Gasteiger partial charge in [-0.2, -0.15) is 0 Å². The van der Waals surface area contributed by atoms with E-state index in [0.29, 0.717) is 12.5 Å². The number of hydrogen-bond acceptors (Lipinski definition) is 4. The smallest absolute Gasteiger partial charge is 0.159 e. The Hall–Kier alpha value is -3.34. The van der Waals surface area contributed by atoms with E-state index in [0.717, 1.165) is 44.5 Å². The van der Waals surface area contributed by atoms with Crippen molar-refractivity contribution in [3.8, 4) is 5.75 Å². The molecule has 0 spiro atoms. The molecule has 0 atom stereocenters. The molecular formula is C36H41NO3. The van der Waals surface area contributed by atoms with Crippen LogP contribution in [0.4, 0.5) is 5.69 Å². The van der Waals surface area contributed by atoms with Crippen LogP contribution in [-0.4, -0.2) is 33.6 Å². The molecule has 1 heterocycles. The molecule has 208 valence electrons. The summed E-state index contributed by atoms with van der Waals surface area (Å²) < 4.78 is 17.2. The number of anilines is 1. The lowest BCUT2D eigenvalue weighted by Gasteiger charge is -2.36. The second-order valence-corrected chi connectivity index (χ2v) is 11.3. The highest BCUT2D eigenvalue weighted by molar-refractivity contribution is 5.88. The number of benzene rings is 3. The van der Waals surface area contributed by atoms with Crippen molar-refractivity contribution >= 4 is 11.3 Å². The molecule has 3 aromatic carbocycles. The fourth-order valence-electron chi connectivity index (χ4n) is 6.74. The van der Waals surface area contributed by atoms with Crippen LogP contribution in [0.15, 0.2) is 90.0 Å². The molecular weight excluding hydrogens is 494 g/mol. The normalized spacial score (nSPS) is 17.8. The average Bonchev–Trinajstić information content (AvgIpc) is 3.56. The Morgan fingerprint density at radius 2 is 1.62 bits per heavy atom. The number of ether oxygens (including phenoxy) is 3. The number of fused-ring (bicyclic) bond motifs is 1. The predicted molar refractivity (Wildman–Crippen MR) is 163 cm³/mol. The van der Waals surface area contributed by atoms with Crippen molar-refractivity contribution in [3.63, 3.8) is 0 Å². The van der Waals surface area contributed by atoms with E-state index in [-0.39, 0.29) is 6.29 Å². The summed E-state index contributed by atoms with van der Waals surface area (Å²) in [5, 5.41) is 0. The first-order chi connectivity index (χ1) is 19.7. The van der Waals surface area contributed by atoms with E-state index in [4.69, 9.17) is 14.2 Å². The molecule has 6 rings (SSSR count). The molecule has 2 aliphatic carbocycles. The van der Waals surface area contributed by atoms with Crippen LogP contribution in [0.2, 0.25) is 0 Å². The van der Waals surface area contributed by atoms with Gasteiger partial charge in [-0.3, -0.25) is 0 Å². The molecule has 0 saturated carbocycles. The Bertz CT molecular complexity index is 1350. The summed E-state index contributed by atoms with van der Waals surface area (Å²) in [5.41, 5.74) is 11.1. The molecule has 0 aromatic heterocycles. The molecule has 40 heavy (non-hydrogen) atoms. The van der Waals surface area contributed by atoms with E-state index in [1.54, 1.807) is 25.4 Å². The Morgan fingerprint density at radius 3 is 2.33 bits per heavy atom. The number of nitrogens with zero attached hydrogens (tertiary/aromatic N) is 1. The summed E-state index contributed by atoms with van der Waals surface area (Å²) in [4.78, 5) is 2.50. The van der Waals surface area contributed by atoms with Crippen molar-refractivity contribution < 1.29 is 14.2 Å². The molecule has 1 aliphatic heterocycles. The first-order valence-corrected chi connectivity index (χ1v) is 14.9. The third kappa shape index (κ3) is 5.75.